The van der Waals surface area contributed by atoms with Crippen molar-refractivity contribution in [1.82, 2.24) is 4.90 Å². The fraction of sp³-hybridized carbons (Fsp3) is 0.409. The number of rotatable bonds is 5. The van der Waals surface area contributed by atoms with Gasteiger partial charge in [-0.3, -0.25) is 4.79 Å². The van der Waals surface area contributed by atoms with Gasteiger partial charge in [-0.25, -0.2) is 0 Å². The lowest BCUT2D eigenvalue weighted by atomic mass is 10.0. The molecule has 0 aromatic heterocycles. The van der Waals surface area contributed by atoms with Crippen molar-refractivity contribution in [2.45, 2.75) is 25.3 Å². The number of methoxy groups -OCH3 is 1. The SMILES string of the molecule is COc1ccc(OCC(=O)N2CCC[C@H]2c2ccc3c(c2)OCCCO3)cc1. The van der Waals surface area contributed by atoms with Crippen molar-refractivity contribution in [2.24, 2.45) is 0 Å². The smallest absolute Gasteiger partial charge is 0.261 e. The Balaban J connectivity index is 1.42. The minimum atomic E-state index is -0.00886. The average molecular weight is 383 g/mol. The van der Waals surface area contributed by atoms with Crippen LogP contribution in [0.15, 0.2) is 42.5 Å². The molecule has 0 bridgehead atoms. The molecule has 2 heterocycles. The summed E-state index contributed by atoms with van der Waals surface area (Å²) in [5, 5.41) is 0. The highest BCUT2D eigenvalue weighted by atomic mass is 16.5. The van der Waals surface area contributed by atoms with E-state index in [1.807, 2.05) is 35.2 Å². The molecule has 4 rings (SSSR count). The average Bonchev–Trinajstić information content (AvgIpc) is 3.11. The number of hydrogen-bond donors (Lipinski definition) is 0. The first kappa shape index (κ1) is 18.5. The number of benzene rings is 2. The van der Waals surface area contributed by atoms with Crippen LogP contribution in [0.25, 0.3) is 0 Å². The molecular weight excluding hydrogens is 358 g/mol. The second-order valence-electron chi connectivity index (χ2n) is 6.97. The van der Waals surface area contributed by atoms with Gasteiger partial charge in [0, 0.05) is 13.0 Å². The lowest BCUT2D eigenvalue weighted by Crippen LogP contribution is -2.34. The number of likely N-dealkylation sites (tertiary alicyclic amines) is 1. The van der Waals surface area contributed by atoms with Crippen LogP contribution in [0.2, 0.25) is 0 Å². The molecular formula is C22H25NO5. The number of carbonyl (C=O) groups excluding carboxylic acids is 1. The molecule has 148 valence electrons. The molecule has 1 atom stereocenters. The van der Waals surface area contributed by atoms with Gasteiger partial charge in [-0.15, -0.1) is 0 Å². The lowest BCUT2D eigenvalue weighted by molar-refractivity contribution is -0.134. The standard InChI is InChI=1S/C22H25NO5/c1-25-17-6-8-18(9-7-17)28-15-22(24)23-11-2-4-19(23)16-5-10-20-21(14-16)27-13-3-12-26-20/h5-10,14,19H,2-4,11-13,15H2,1H3/t19-/m0/s1. The molecule has 0 aliphatic carbocycles. The summed E-state index contributed by atoms with van der Waals surface area (Å²) >= 11 is 0. The Bertz CT molecular complexity index is 820. The fourth-order valence-corrected chi connectivity index (χ4v) is 3.70. The molecule has 2 aliphatic rings. The van der Waals surface area contributed by atoms with Gasteiger partial charge in [-0.05, 0) is 54.8 Å². The number of carbonyl (C=O) groups is 1. The third kappa shape index (κ3) is 4.01. The number of nitrogens with zero attached hydrogens (tertiary/aromatic N) is 1. The quantitative estimate of drug-likeness (QED) is 0.790. The van der Waals surface area contributed by atoms with E-state index in [-0.39, 0.29) is 18.6 Å². The van der Waals surface area contributed by atoms with E-state index in [9.17, 15) is 4.79 Å². The topological polar surface area (TPSA) is 57.2 Å². The summed E-state index contributed by atoms with van der Waals surface area (Å²) in [6.07, 6.45) is 2.79. The first-order valence-corrected chi connectivity index (χ1v) is 9.70. The molecule has 28 heavy (non-hydrogen) atoms. The Kier molecular flexibility index (Phi) is 5.55. The van der Waals surface area contributed by atoms with Crippen LogP contribution in [0.3, 0.4) is 0 Å². The molecule has 1 saturated heterocycles. The van der Waals surface area contributed by atoms with E-state index in [2.05, 4.69) is 0 Å². The zero-order valence-corrected chi connectivity index (χ0v) is 16.1. The molecule has 0 unspecified atom stereocenters. The second-order valence-corrected chi connectivity index (χ2v) is 6.97. The van der Waals surface area contributed by atoms with E-state index < -0.39 is 0 Å². The minimum absolute atomic E-state index is 0.00886. The van der Waals surface area contributed by atoms with Gasteiger partial charge in [0.1, 0.15) is 11.5 Å². The molecule has 6 nitrogen and oxygen atoms in total. The largest absolute Gasteiger partial charge is 0.497 e. The maximum Gasteiger partial charge on any atom is 0.261 e. The number of ether oxygens (including phenoxy) is 4. The van der Waals surface area contributed by atoms with Crippen molar-refractivity contribution < 1.29 is 23.7 Å². The van der Waals surface area contributed by atoms with E-state index in [0.717, 1.165) is 48.6 Å². The monoisotopic (exact) mass is 383 g/mol. The fourth-order valence-electron chi connectivity index (χ4n) is 3.70. The van der Waals surface area contributed by atoms with Crippen LogP contribution in [0.1, 0.15) is 30.9 Å². The van der Waals surface area contributed by atoms with Gasteiger partial charge in [0.2, 0.25) is 0 Å². The Morgan fingerprint density at radius 1 is 1.04 bits per heavy atom. The number of fused-ring (bicyclic) bond motifs is 1. The molecule has 2 aromatic carbocycles. The Labute approximate surface area is 165 Å². The summed E-state index contributed by atoms with van der Waals surface area (Å²) in [6, 6.07) is 13.3. The Morgan fingerprint density at radius 2 is 1.79 bits per heavy atom. The van der Waals surface area contributed by atoms with Crippen LogP contribution in [0.4, 0.5) is 0 Å². The van der Waals surface area contributed by atoms with Gasteiger partial charge in [-0.2, -0.15) is 0 Å². The van der Waals surface area contributed by atoms with Crippen molar-refractivity contribution in [3.8, 4) is 23.0 Å². The maximum absolute atomic E-state index is 12.8. The van der Waals surface area contributed by atoms with E-state index in [1.165, 1.54) is 0 Å². The highest BCUT2D eigenvalue weighted by Crippen LogP contribution is 2.38. The summed E-state index contributed by atoms with van der Waals surface area (Å²) in [4.78, 5) is 14.7. The first-order valence-electron chi connectivity index (χ1n) is 9.70. The summed E-state index contributed by atoms with van der Waals surface area (Å²) in [6.45, 7) is 2.08. The van der Waals surface area contributed by atoms with Crippen molar-refractivity contribution in [3.63, 3.8) is 0 Å². The van der Waals surface area contributed by atoms with Crippen molar-refractivity contribution in [3.05, 3.63) is 48.0 Å². The van der Waals surface area contributed by atoms with Crippen LogP contribution >= 0.6 is 0 Å². The van der Waals surface area contributed by atoms with Crippen molar-refractivity contribution in [2.75, 3.05) is 33.5 Å². The van der Waals surface area contributed by atoms with Gasteiger partial charge in [0.05, 0.1) is 26.4 Å². The third-order valence-corrected chi connectivity index (χ3v) is 5.15. The van der Waals surface area contributed by atoms with Crippen LogP contribution < -0.4 is 18.9 Å². The van der Waals surface area contributed by atoms with E-state index in [1.54, 1.807) is 19.2 Å². The van der Waals surface area contributed by atoms with E-state index in [0.29, 0.717) is 19.0 Å². The summed E-state index contributed by atoms with van der Waals surface area (Å²) < 4.78 is 22.3. The molecule has 6 heteroatoms. The first-order chi connectivity index (χ1) is 13.7. The van der Waals surface area contributed by atoms with E-state index >= 15 is 0 Å². The maximum atomic E-state index is 12.8. The molecule has 0 saturated carbocycles. The molecule has 1 amide bonds. The molecule has 0 spiro atoms. The van der Waals surface area contributed by atoms with Crippen molar-refractivity contribution in [1.29, 1.82) is 0 Å². The normalized spacial score (nSPS) is 18.5. The Morgan fingerprint density at radius 3 is 2.57 bits per heavy atom. The second kappa shape index (κ2) is 8.42. The third-order valence-electron chi connectivity index (χ3n) is 5.15. The summed E-state index contributed by atoms with van der Waals surface area (Å²) in [7, 11) is 1.62. The summed E-state index contributed by atoms with van der Waals surface area (Å²) in [5.74, 6) is 2.95. The van der Waals surface area contributed by atoms with Crippen molar-refractivity contribution >= 4 is 5.91 Å². The van der Waals surface area contributed by atoms with Gasteiger partial charge in [-0.1, -0.05) is 6.07 Å². The predicted octanol–water partition coefficient (Wildman–Crippen LogP) is 3.60. The predicted molar refractivity (Wildman–Crippen MR) is 104 cm³/mol. The van der Waals surface area contributed by atoms with Crippen LogP contribution in [0.5, 0.6) is 23.0 Å². The number of hydrogen-bond acceptors (Lipinski definition) is 5. The van der Waals surface area contributed by atoms with Gasteiger partial charge in [0.25, 0.3) is 5.91 Å². The highest BCUT2D eigenvalue weighted by molar-refractivity contribution is 5.78. The summed E-state index contributed by atoms with van der Waals surface area (Å²) in [5.41, 5.74) is 1.08. The minimum Gasteiger partial charge on any atom is -0.497 e. The molecule has 1 fully saturated rings. The van der Waals surface area contributed by atoms with Crippen LogP contribution in [-0.4, -0.2) is 44.3 Å². The molecule has 0 N–H and O–H groups in total. The van der Waals surface area contributed by atoms with Gasteiger partial charge >= 0.3 is 0 Å². The highest BCUT2D eigenvalue weighted by Gasteiger charge is 2.31. The van der Waals surface area contributed by atoms with Gasteiger partial charge in [0.15, 0.2) is 18.1 Å². The van der Waals surface area contributed by atoms with E-state index in [4.69, 9.17) is 18.9 Å². The van der Waals surface area contributed by atoms with Crippen LogP contribution in [0, 0.1) is 0 Å². The zero-order valence-electron chi connectivity index (χ0n) is 16.1. The molecule has 2 aromatic rings. The molecule has 0 radical (unpaired) electrons. The Hall–Kier alpha value is -2.89. The molecule has 2 aliphatic heterocycles. The lowest BCUT2D eigenvalue weighted by Gasteiger charge is -2.25. The zero-order chi connectivity index (χ0) is 19.3. The van der Waals surface area contributed by atoms with Gasteiger partial charge < -0.3 is 23.8 Å². The van der Waals surface area contributed by atoms with Crippen LogP contribution in [-0.2, 0) is 4.79 Å². The number of amides is 1.